The molecule has 1 aliphatic heterocycles. The van der Waals surface area contributed by atoms with Gasteiger partial charge in [0.1, 0.15) is 17.0 Å². The first-order chi connectivity index (χ1) is 24.0. The number of hydrogen-bond donors (Lipinski definition) is 0. The summed E-state index contributed by atoms with van der Waals surface area (Å²) in [6.45, 7) is 4.61. The maximum atomic E-state index is 15.3. The van der Waals surface area contributed by atoms with Gasteiger partial charge in [-0.2, -0.15) is 0 Å². The maximum Gasteiger partial charge on any atom is 0.147 e. The van der Waals surface area contributed by atoms with Crippen LogP contribution >= 0.6 is 0 Å². The fourth-order valence-corrected chi connectivity index (χ4v) is 7.53. The van der Waals surface area contributed by atoms with Crippen molar-refractivity contribution in [2.45, 2.75) is 19.3 Å². The fourth-order valence-electron chi connectivity index (χ4n) is 7.53. The Kier molecular flexibility index (Phi) is 6.66. The van der Waals surface area contributed by atoms with Crippen molar-refractivity contribution in [3.63, 3.8) is 0 Å². The summed E-state index contributed by atoms with van der Waals surface area (Å²) in [6.07, 6.45) is 0. The molecule has 0 amide bonds. The number of halogens is 1. The minimum absolute atomic E-state index is 0.155. The first kappa shape index (κ1) is 29.0. The van der Waals surface area contributed by atoms with Crippen molar-refractivity contribution in [2.75, 3.05) is 9.80 Å². The van der Waals surface area contributed by atoms with Crippen LogP contribution in [0.5, 0.6) is 0 Å². The lowest BCUT2D eigenvalue weighted by molar-refractivity contribution is 0.629. The molecule has 8 aromatic rings. The summed E-state index contributed by atoms with van der Waals surface area (Å²) < 4.78 is 21.9. The van der Waals surface area contributed by atoms with Crippen molar-refractivity contribution < 1.29 is 8.81 Å². The number of para-hydroxylation sites is 5. The largest absolute Gasteiger partial charge is 0.455 e. The third-order valence-corrected chi connectivity index (χ3v) is 9.90. The molecule has 4 heteroatoms. The molecule has 0 N–H and O–H groups in total. The lowest BCUT2D eigenvalue weighted by Gasteiger charge is -2.42. The molecular formula is C45H33FN2O. The van der Waals surface area contributed by atoms with Crippen molar-refractivity contribution >= 4 is 56.1 Å². The highest BCUT2D eigenvalue weighted by Crippen LogP contribution is 2.53. The van der Waals surface area contributed by atoms with E-state index in [9.17, 15) is 0 Å². The summed E-state index contributed by atoms with van der Waals surface area (Å²) in [4.78, 5) is 4.35. The van der Waals surface area contributed by atoms with Crippen molar-refractivity contribution in [1.29, 1.82) is 0 Å². The van der Waals surface area contributed by atoms with Crippen LogP contribution in [0.25, 0.3) is 33.1 Å². The van der Waals surface area contributed by atoms with Gasteiger partial charge < -0.3 is 14.2 Å². The summed E-state index contributed by atoms with van der Waals surface area (Å²) in [5.74, 6) is -0.280. The second kappa shape index (κ2) is 11.2. The molecule has 0 unspecified atom stereocenters. The summed E-state index contributed by atoms with van der Waals surface area (Å²) >= 11 is 0. The monoisotopic (exact) mass is 636 g/mol. The zero-order chi connectivity index (χ0) is 33.1. The van der Waals surface area contributed by atoms with E-state index in [-0.39, 0.29) is 11.2 Å². The molecular weight excluding hydrogens is 604 g/mol. The summed E-state index contributed by atoms with van der Waals surface area (Å²) in [5, 5.41) is 2.13. The highest BCUT2D eigenvalue weighted by Gasteiger charge is 2.36. The van der Waals surface area contributed by atoms with Gasteiger partial charge in [-0.05, 0) is 83.4 Å². The molecule has 1 aromatic heterocycles. The van der Waals surface area contributed by atoms with Crippen LogP contribution in [0.3, 0.4) is 0 Å². The van der Waals surface area contributed by atoms with E-state index >= 15 is 4.39 Å². The van der Waals surface area contributed by atoms with E-state index in [4.69, 9.17) is 4.42 Å². The molecule has 0 saturated carbocycles. The minimum atomic E-state index is -0.280. The van der Waals surface area contributed by atoms with E-state index < -0.39 is 0 Å². The van der Waals surface area contributed by atoms with Crippen LogP contribution in [0.1, 0.15) is 25.0 Å². The van der Waals surface area contributed by atoms with Crippen LogP contribution < -0.4 is 9.80 Å². The quantitative estimate of drug-likeness (QED) is 0.187. The highest BCUT2D eigenvalue weighted by atomic mass is 19.1. The third kappa shape index (κ3) is 4.63. The number of rotatable bonds is 5. The highest BCUT2D eigenvalue weighted by molar-refractivity contribution is 6.12. The zero-order valence-electron chi connectivity index (χ0n) is 27.3. The Morgan fingerprint density at radius 2 is 1.16 bits per heavy atom. The molecule has 236 valence electrons. The number of fused-ring (bicyclic) bond motifs is 5. The SMILES string of the molecule is CC1(C)c2ccccc2N(c2cc(-c3ccc(N(c4ccccc4)c4ccccc4F)cc3)c3oc4ccccc4c3c2)c2ccccc21. The lowest BCUT2D eigenvalue weighted by atomic mass is 9.73. The van der Waals surface area contributed by atoms with Crippen molar-refractivity contribution in [3.05, 3.63) is 181 Å². The van der Waals surface area contributed by atoms with E-state index in [0.717, 1.165) is 50.1 Å². The number of nitrogens with zero attached hydrogens (tertiary/aromatic N) is 2. The average molecular weight is 637 g/mol. The Bertz CT molecular complexity index is 2450. The molecule has 0 spiro atoms. The van der Waals surface area contributed by atoms with Crippen LogP contribution in [-0.2, 0) is 5.41 Å². The smallest absolute Gasteiger partial charge is 0.147 e. The van der Waals surface area contributed by atoms with Gasteiger partial charge in [0.25, 0.3) is 0 Å². The molecule has 0 aliphatic carbocycles. The number of hydrogen-bond acceptors (Lipinski definition) is 3. The van der Waals surface area contributed by atoms with Gasteiger partial charge in [-0.15, -0.1) is 0 Å². The molecule has 2 heterocycles. The number of furan rings is 1. The molecule has 0 radical (unpaired) electrons. The molecule has 49 heavy (non-hydrogen) atoms. The van der Waals surface area contributed by atoms with Crippen LogP contribution in [-0.4, -0.2) is 0 Å². The topological polar surface area (TPSA) is 19.6 Å². The van der Waals surface area contributed by atoms with Gasteiger partial charge in [-0.1, -0.05) is 111 Å². The molecule has 0 bridgehead atoms. The third-order valence-electron chi connectivity index (χ3n) is 9.90. The van der Waals surface area contributed by atoms with E-state index in [1.54, 1.807) is 6.07 Å². The Hall–Kier alpha value is -6.13. The Morgan fingerprint density at radius 1 is 0.571 bits per heavy atom. The molecule has 1 aliphatic rings. The van der Waals surface area contributed by atoms with Gasteiger partial charge in [0.2, 0.25) is 0 Å². The van der Waals surface area contributed by atoms with Gasteiger partial charge in [-0.25, -0.2) is 4.39 Å². The van der Waals surface area contributed by atoms with Gasteiger partial charge in [0.05, 0.1) is 17.1 Å². The van der Waals surface area contributed by atoms with Crippen LogP contribution in [0, 0.1) is 5.82 Å². The van der Waals surface area contributed by atoms with Crippen molar-refractivity contribution in [3.8, 4) is 11.1 Å². The summed E-state index contributed by atoms with van der Waals surface area (Å²) in [6, 6.07) is 55.3. The summed E-state index contributed by atoms with van der Waals surface area (Å²) in [5.41, 5.74) is 11.7. The van der Waals surface area contributed by atoms with E-state index in [0.29, 0.717) is 5.69 Å². The first-order valence-electron chi connectivity index (χ1n) is 16.6. The first-order valence-corrected chi connectivity index (χ1v) is 16.6. The Labute approximate surface area is 285 Å². The number of benzene rings is 7. The predicted octanol–water partition coefficient (Wildman–Crippen LogP) is 13.0. The average Bonchev–Trinajstić information content (AvgIpc) is 3.52. The second-order valence-electron chi connectivity index (χ2n) is 13.1. The molecule has 0 fully saturated rings. The van der Waals surface area contributed by atoms with Gasteiger partial charge in [-0.3, -0.25) is 0 Å². The van der Waals surface area contributed by atoms with Crippen LogP contribution in [0.4, 0.5) is 38.5 Å². The van der Waals surface area contributed by atoms with E-state index in [2.05, 4.69) is 116 Å². The van der Waals surface area contributed by atoms with Crippen LogP contribution in [0.2, 0.25) is 0 Å². The Morgan fingerprint density at radius 3 is 1.88 bits per heavy atom. The van der Waals surface area contributed by atoms with Crippen molar-refractivity contribution in [1.82, 2.24) is 0 Å². The lowest BCUT2D eigenvalue weighted by Crippen LogP contribution is -2.30. The van der Waals surface area contributed by atoms with E-state index in [1.165, 1.54) is 28.6 Å². The molecule has 9 rings (SSSR count). The minimum Gasteiger partial charge on any atom is -0.455 e. The second-order valence-corrected chi connectivity index (χ2v) is 13.1. The normalized spacial score (nSPS) is 13.3. The van der Waals surface area contributed by atoms with Gasteiger partial charge >= 0.3 is 0 Å². The Balaban J connectivity index is 1.25. The molecule has 0 atom stereocenters. The van der Waals surface area contributed by atoms with Gasteiger partial charge in [0.15, 0.2) is 0 Å². The molecule has 7 aromatic carbocycles. The van der Waals surface area contributed by atoms with Gasteiger partial charge in [0, 0.05) is 38.8 Å². The predicted molar refractivity (Wildman–Crippen MR) is 201 cm³/mol. The van der Waals surface area contributed by atoms with E-state index in [1.807, 2.05) is 59.5 Å². The van der Waals surface area contributed by atoms with Crippen molar-refractivity contribution in [2.24, 2.45) is 0 Å². The molecule has 0 saturated heterocycles. The van der Waals surface area contributed by atoms with Crippen LogP contribution in [0.15, 0.2) is 168 Å². The maximum absolute atomic E-state index is 15.3. The summed E-state index contributed by atoms with van der Waals surface area (Å²) in [7, 11) is 0. The molecule has 3 nitrogen and oxygen atoms in total. The fraction of sp³-hybridized carbons (Fsp3) is 0.0667. The number of anilines is 6. The standard InChI is InChI=1S/C45H33FN2O/c1-45(2)37-17-7-10-20-40(37)48(41-21-11-8-18-38(41)45)33-28-35(44-36(29-33)34-16-6-13-23-43(34)49-44)30-24-26-32(27-25-30)47(31-14-4-3-5-15-31)42-22-12-9-19-39(42)46/h3-29H,1-2H3. The zero-order valence-corrected chi connectivity index (χ0v) is 27.3.